The molecule has 0 bridgehead atoms. The smallest absolute Gasteiger partial charge is 0.0654 e. The molecule has 0 aliphatic carbocycles. The minimum atomic E-state index is 1.05. The van der Waals surface area contributed by atoms with E-state index in [4.69, 9.17) is 0 Å². The third-order valence-corrected chi connectivity index (χ3v) is 26.3. The fraction of sp³-hybridized carbons (Fsp3) is 0.845. The van der Waals surface area contributed by atoms with E-state index in [0.29, 0.717) is 0 Å². The Balaban J connectivity index is 0.000000720. The van der Waals surface area contributed by atoms with Gasteiger partial charge in [-0.25, -0.2) is 4.70 Å². The van der Waals surface area contributed by atoms with Crippen molar-refractivity contribution in [2.24, 2.45) is 0 Å². The van der Waals surface area contributed by atoms with Gasteiger partial charge in [-0.3, -0.25) is 0 Å². The minimum Gasteiger partial charge on any atom is -0.0654 e. The molecule has 0 N–H and O–H groups in total. The Hall–Kier alpha value is -1.82. The molecule has 0 amide bonds. The molecule has 3 heteroatoms. The first-order valence-electron chi connectivity index (χ1n) is 49.1. The number of hydrogen-bond donors (Lipinski definition) is 0. The number of nitrogens with zero attached hydrogens (tertiary/aromatic N) is 2. The average molecular weight is 1560 g/mol. The summed E-state index contributed by atoms with van der Waals surface area (Å²) in [5.74, 6) is 0. The first-order valence-corrected chi connectivity index (χ1v) is 51.3. The summed E-state index contributed by atoms with van der Waals surface area (Å²) in [6.07, 6.45) is 104. The standard InChI is InChI=1S/C51H82N2.2C26H53.Pd/c1-9-17-23-25-27-29-35-49-48(34-28-26-24-18-10-2)50(44-36-40(30-19-11-3)46(15-7)41(37-44)31-20-12-4)53(52)51(49)45-38-42(32-21-13-5)47(16-8)43(39-45)33-22-14-6;2*1-3-5-7-9-11-13-15-17-19-21-23-25-26-24-22-20-18-16-14-12-10-8-6-4-2;/h36-39H,9-35H2,1-8H3;2*1,3-26H2,2H3;. The van der Waals surface area contributed by atoms with Gasteiger partial charge < -0.3 is 5.53 Å². The molecular formula is C103H188N2Pd. The molecule has 620 valence electrons. The summed E-state index contributed by atoms with van der Waals surface area (Å²) in [4.78, 5) is 3.10. The predicted molar refractivity (Wildman–Crippen MR) is 477 cm³/mol. The van der Waals surface area contributed by atoms with Gasteiger partial charge in [0.1, 0.15) is 0 Å². The van der Waals surface area contributed by atoms with Gasteiger partial charge in [-0.05, 0) is 148 Å². The molecule has 0 saturated carbocycles. The van der Waals surface area contributed by atoms with E-state index in [1.165, 1.54) is 475 Å². The van der Waals surface area contributed by atoms with Crippen molar-refractivity contribution in [1.82, 2.24) is 0 Å². The van der Waals surface area contributed by atoms with E-state index in [1.807, 2.05) is 0 Å². The topological polar surface area (TPSA) is 25.3 Å². The van der Waals surface area contributed by atoms with Gasteiger partial charge in [0.25, 0.3) is 0 Å². The second-order valence-electron chi connectivity index (χ2n) is 34.1. The van der Waals surface area contributed by atoms with E-state index in [9.17, 15) is 5.53 Å². The van der Waals surface area contributed by atoms with Gasteiger partial charge in [0.05, 0.1) is 0 Å². The van der Waals surface area contributed by atoms with Crippen LogP contribution >= 0.6 is 0 Å². The molecule has 1 aliphatic rings. The van der Waals surface area contributed by atoms with Crippen LogP contribution in [-0.4, -0.2) is 4.70 Å². The van der Waals surface area contributed by atoms with Gasteiger partial charge >= 0.3 is 169 Å². The van der Waals surface area contributed by atoms with Crippen LogP contribution < -0.4 is 0 Å². The zero-order chi connectivity index (χ0) is 76.5. The van der Waals surface area contributed by atoms with Crippen LogP contribution in [-0.2, 0) is 56.5 Å². The molecule has 0 aromatic heterocycles. The Morgan fingerprint density at radius 2 is 0.377 bits per heavy atom. The van der Waals surface area contributed by atoms with E-state index < -0.39 is 0 Å². The fourth-order valence-corrected chi connectivity index (χ4v) is 19.2. The van der Waals surface area contributed by atoms with Crippen molar-refractivity contribution in [2.45, 2.75) is 561 Å². The van der Waals surface area contributed by atoms with Crippen molar-refractivity contribution in [1.29, 1.82) is 0 Å². The zero-order valence-electron chi connectivity index (χ0n) is 74.0. The normalized spacial score (nSPS) is 12.5. The van der Waals surface area contributed by atoms with Crippen LogP contribution in [0.25, 0.3) is 16.9 Å². The van der Waals surface area contributed by atoms with E-state index in [-0.39, 0.29) is 0 Å². The van der Waals surface area contributed by atoms with Gasteiger partial charge in [-0.1, -0.05) is 320 Å². The predicted octanol–water partition coefficient (Wildman–Crippen LogP) is 37.1. The number of aryl methyl sites for hydroxylation is 4. The molecule has 0 saturated heterocycles. The molecule has 2 nitrogen and oxygen atoms in total. The van der Waals surface area contributed by atoms with Crippen LogP contribution in [0.1, 0.15) is 557 Å². The third kappa shape index (κ3) is 51.0. The summed E-state index contributed by atoms with van der Waals surface area (Å²) >= 11 is 1.06. The Labute approximate surface area is 675 Å². The minimum absolute atomic E-state index is 1.05. The van der Waals surface area contributed by atoms with Gasteiger partial charge in [0.15, 0.2) is 0 Å². The number of benzene rings is 2. The molecule has 106 heavy (non-hydrogen) atoms. The molecule has 0 atom stereocenters. The summed E-state index contributed by atoms with van der Waals surface area (Å²) in [5.41, 5.74) is 29.6. The molecule has 0 radical (unpaired) electrons. The third-order valence-electron chi connectivity index (χ3n) is 24.1. The first-order chi connectivity index (χ1) is 52.3. The molecule has 1 heterocycles. The summed E-state index contributed by atoms with van der Waals surface area (Å²) in [6.45, 7) is 23.2. The fourth-order valence-electron chi connectivity index (χ4n) is 17.2. The monoisotopic (exact) mass is 1560 g/mol. The SMILES string of the molecule is CCCCCCCCC1=C(c2cc(CCCC)c(CC)c(CCCC)c2)[N+](=[N-])C(c2cc(CCCC)c(CC)c(CCCC)c2)=C1CCCCCCC.CCCCCCCCCCCCCCCCCCCCCCCCC[CH2][Pd][CH2]CCCCCCCCCCCCCCCCCCCCCCCCC. The van der Waals surface area contributed by atoms with E-state index in [2.05, 4.69) is 93.5 Å². The van der Waals surface area contributed by atoms with Crippen LogP contribution in [0.3, 0.4) is 0 Å². The molecule has 0 unspecified atom stereocenters. The van der Waals surface area contributed by atoms with Crippen molar-refractivity contribution in [3.05, 3.63) is 85.5 Å². The average Bonchev–Trinajstić information content (AvgIpc) is 1.59. The van der Waals surface area contributed by atoms with Gasteiger partial charge in [0, 0.05) is 22.3 Å². The molecular weight excluding hydrogens is 1370 g/mol. The van der Waals surface area contributed by atoms with E-state index in [1.54, 1.807) is 25.6 Å². The van der Waals surface area contributed by atoms with E-state index >= 15 is 0 Å². The van der Waals surface area contributed by atoms with Gasteiger partial charge in [-0.15, -0.1) is 0 Å². The molecule has 1 aliphatic heterocycles. The second-order valence-corrected chi connectivity index (χ2v) is 36.4. The summed E-state index contributed by atoms with van der Waals surface area (Å²) in [7, 11) is 0. The zero-order valence-corrected chi connectivity index (χ0v) is 75.5. The Morgan fingerprint density at radius 3 is 0.557 bits per heavy atom. The van der Waals surface area contributed by atoms with Crippen molar-refractivity contribution in [3.63, 3.8) is 0 Å². The Kier molecular flexibility index (Phi) is 71.7. The van der Waals surface area contributed by atoms with Crippen LogP contribution in [0.15, 0.2) is 35.4 Å². The van der Waals surface area contributed by atoms with Crippen LogP contribution in [0, 0.1) is 0 Å². The van der Waals surface area contributed by atoms with Crippen LogP contribution in [0.4, 0.5) is 0 Å². The molecule has 0 spiro atoms. The number of hydrogen-bond acceptors (Lipinski definition) is 0. The summed E-state index contributed by atoms with van der Waals surface area (Å²) in [5, 5.41) is 0. The van der Waals surface area contributed by atoms with Crippen molar-refractivity contribution in [3.8, 4) is 0 Å². The molecule has 2 aromatic rings. The molecule has 2 aromatic carbocycles. The van der Waals surface area contributed by atoms with E-state index in [0.717, 1.165) is 80.7 Å². The quantitative estimate of drug-likeness (QED) is 0.0358. The van der Waals surface area contributed by atoms with Crippen molar-refractivity contribution >= 4 is 11.4 Å². The van der Waals surface area contributed by atoms with Crippen LogP contribution in [0.2, 0.25) is 9.79 Å². The maximum absolute atomic E-state index is 12.8. The number of rotatable bonds is 79. The summed E-state index contributed by atoms with van der Waals surface area (Å²) in [6, 6.07) is 10.0. The van der Waals surface area contributed by atoms with Gasteiger partial charge in [0.2, 0.25) is 11.4 Å². The second kappa shape index (κ2) is 75.8. The van der Waals surface area contributed by atoms with Crippen molar-refractivity contribution < 1.29 is 22.7 Å². The number of unbranched alkanes of at least 4 members (excludes halogenated alkanes) is 59. The molecule has 3 rings (SSSR count). The van der Waals surface area contributed by atoms with Crippen molar-refractivity contribution in [2.75, 3.05) is 0 Å². The number of allylic oxidation sites excluding steroid dienone is 2. The summed E-state index contributed by atoms with van der Waals surface area (Å²) < 4.78 is 1.72. The Morgan fingerprint density at radius 1 is 0.208 bits per heavy atom. The Bertz CT molecular complexity index is 2220. The molecule has 0 fully saturated rings. The van der Waals surface area contributed by atoms with Gasteiger partial charge in [-0.2, -0.15) is 0 Å². The van der Waals surface area contributed by atoms with Crippen LogP contribution in [0.5, 0.6) is 0 Å². The first kappa shape index (κ1) is 100. The maximum atomic E-state index is 12.8.